The van der Waals surface area contributed by atoms with E-state index in [1.807, 2.05) is 31.2 Å². The summed E-state index contributed by atoms with van der Waals surface area (Å²) in [6.07, 6.45) is 3.29. The number of benzene rings is 1. The topological polar surface area (TPSA) is 83.9 Å². The summed E-state index contributed by atoms with van der Waals surface area (Å²) in [5.41, 5.74) is 1.39. The van der Waals surface area contributed by atoms with Crippen LogP contribution in [0.1, 0.15) is 35.3 Å². The number of aliphatic hydroxyl groups excluding tert-OH is 1. The van der Waals surface area contributed by atoms with Crippen molar-refractivity contribution in [2.75, 3.05) is 20.2 Å². The van der Waals surface area contributed by atoms with E-state index in [9.17, 15) is 9.90 Å². The molecule has 0 bridgehead atoms. The highest BCUT2D eigenvalue weighted by Gasteiger charge is 2.48. The van der Waals surface area contributed by atoms with Gasteiger partial charge in [-0.15, -0.1) is 0 Å². The lowest BCUT2D eigenvalue weighted by molar-refractivity contribution is 0.0138. The van der Waals surface area contributed by atoms with Crippen LogP contribution in [-0.2, 0) is 0 Å². The van der Waals surface area contributed by atoms with Crippen LogP contribution in [0.2, 0.25) is 0 Å². The molecule has 1 amide bonds. The maximum absolute atomic E-state index is 12.8. The van der Waals surface area contributed by atoms with E-state index in [4.69, 9.17) is 9.47 Å². The van der Waals surface area contributed by atoms with E-state index in [0.29, 0.717) is 23.6 Å². The van der Waals surface area contributed by atoms with Crippen molar-refractivity contribution in [1.29, 1.82) is 0 Å². The van der Waals surface area contributed by atoms with Crippen LogP contribution in [0.15, 0.2) is 42.6 Å². The van der Waals surface area contributed by atoms with Gasteiger partial charge in [0.25, 0.3) is 5.91 Å². The number of aliphatic hydroxyl groups is 1. The smallest absolute Gasteiger partial charge is 0.270 e. The first-order valence-corrected chi connectivity index (χ1v) is 10.5. The largest absolute Gasteiger partial charge is 0.497 e. The maximum Gasteiger partial charge on any atom is 0.270 e. The number of ether oxygens (including phenoxy) is 2. The molecular weight excluding hydrogens is 382 g/mol. The minimum absolute atomic E-state index is 0.183. The van der Waals surface area contributed by atoms with Crippen molar-refractivity contribution < 1.29 is 19.4 Å². The minimum atomic E-state index is -0.703. The fourth-order valence-electron chi connectivity index (χ4n) is 4.45. The molecule has 1 aromatic carbocycles. The number of hydrogen-bond acceptors (Lipinski definition) is 6. The van der Waals surface area contributed by atoms with E-state index in [0.717, 1.165) is 31.5 Å². The Hall–Kier alpha value is -2.64. The fraction of sp³-hybridized carbons (Fsp3) is 0.478. The van der Waals surface area contributed by atoms with Crippen LogP contribution in [0.4, 0.5) is 0 Å². The van der Waals surface area contributed by atoms with Crippen LogP contribution in [0.5, 0.6) is 11.5 Å². The van der Waals surface area contributed by atoms with Gasteiger partial charge in [0, 0.05) is 18.7 Å². The number of carbonyl (C=O) groups excluding carboxylic acids is 1. The van der Waals surface area contributed by atoms with E-state index < -0.39 is 12.2 Å². The molecule has 1 saturated heterocycles. The van der Waals surface area contributed by atoms with Crippen LogP contribution in [0.3, 0.4) is 0 Å². The standard InChI is InChI=1S/C23H29N3O4/c1-15-8-9-18(24-14-15)23(28)25-19-13-20(22(27)21(19)26-10-3-4-11-26)30-17-7-5-6-16(12-17)29-2/h5-9,12,14,19-22,27H,3-4,10-11,13H2,1-2H3,(H,25,28)/t19-,20-,21+,22+/m1/s1. The summed E-state index contributed by atoms with van der Waals surface area (Å²) in [5.74, 6) is 1.12. The first-order valence-electron chi connectivity index (χ1n) is 10.5. The Morgan fingerprint density at radius 3 is 2.67 bits per heavy atom. The van der Waals surface area contributed by atoms with Gasteiger partial charge in [-0.1, -0.05) is 12.1 Å². The zero-order valence-corrected chi connectivity index (χ0v) is 17.5. The van der Waals surface area contributed by atoms with Gasteiger partial charge >= 0.3 is 0 Å². The Morgan fingerprint density at radius 2 is 1.97 bits per heavy atom. The lowest BCUT2D eigenvalue weighted by atomic mass is 10.1. The predicted octanol–water partition coefficient (Wildman–Crippen LogP) is 2.17. The highest BCUT2D eigenvalue weighted by atomic mass is 16.5. The summed E-state index contributed by atoms with van der Waals surface area (Å²) < 4.78 is 11.4. The van der Waals surface area contributed by atoms with Gasteiger partial charge in [-0.3, -0.25) is 14.7 Å². The third-order valence-corrected chi connectivity index (χ3v) is 5.98. The molecule has 2 N–H and O–H groups in total. The number of likely N-dealkylation sites (tertiary alicyclic amines) is 1. The molecule has 1 aliphatic carbocycles. The van der Waals surface area contributed by atoms with Gasteiger partial charge in [-0.05, 0) is 56.6 Å². The lowest BCUT2D eigenvalue weighted by Crippen LogP contribution is -2.52. The van der Waals surface area contributed by atoms with Crippen molar-refractivity contribution in [2.24, 2.45) is 0 Å². The summed E-state index contributed by atoms with van der Waals surface area (Å²) in [5, 5.41) is 14.2. The quantitative estimate of drug-likeness (QED) is 0.758. The molecule has 2 aliphatic rings. The molecule has 30 heavy (non-hydrogen) atoms. The highest BCUT2D eigenvalue weighted by molar-refractivity contribution is 5.92. The van der Waals surface area contributed by atoms with Crippen LogP contribution in [0, 0.1) is 6.92 Å². The number of hydrogen-bond donors (Lipinski definition) is 2. The molecule has 2 fully saturated rings. The lowest BCUT2D eigenvalue weighted by Gasteiger charge is -2.31. The Kier molecular flexibility index (Phi) is 6.20. The third kappa shape index (κ3) is 4.42. The Labute approximate surface area is 177 Å². The number of carbonyl (C=O) groups is 1. The van der Waals surface area contributed by atoms with Gasteiger partial charge in [0.05, 0.1) is 19.2 Å². The molecular formula is C23H29N3O4. The molecule has 7 nitrogen and oxygen atoms in total. The Bertz CT molecular complexity index is 867. The average Bonchev–Trinajstić information content (AvgIpc) is 3.37. The molecule has 4 rings (SSSR count). The molecule has 0 unspecified atom stereocenters. The number of pyridine rings is 1. The van der Waals surface area contributed by atoms with E-state index in [1.54, 1.807) is 25.4 Å². The Balaban J connectivity index is 1.51. The summed E-state index contributed by atoms with van der Waals surface area (Å²) >= 11 is 0. The van der Waals surface area contributed by atoms with Crippen molar-refractivity contribution >= 4 is 5.91 Å². The van der Waals surface area contributed by atoms with E-state index >= 15 is 0 Å². The van der Waals surface area contributed by atoms with Crippen molar-refractivity contribution in [3.63, 3.8) is 0 Å². The number of amides is 1. The summed E-state index contributed by atoms with van der Waals surface area (Å²) in [6, 6.07) is 10.6. The predicted molar refractivity (Wildman–Crippen MR) is 113 cm³/mol. The molecule has 0 radical (unpaired) electrons. The van der Waals surface area contributed by atoms with Crippen molar-refractivity contribution in [3.8, 4) is 11.5 Å². The summed E-state index contributed by atoms with van der Waals surface area (Å²) in [7, 11) is 1.61. The van der Waals surface area contributed by atoms with Gasteiger partial charge in [0.2, 0.25) is 0 Å². The van der Waals surface area contributed by atoms with Gasteiger partial charge in [0.1, 0.15) is 29.4 Å². The molecule has 7 heteroatoms. The van der Waals surface area contributed by atoms with E-state index in [2.05, 4.69) is 15.2 Å². The monoisotopic (exact) mass is 411 g/mol. The maximum atomic E-state index is 12.8. The molecule has 1 saturated carbocycles. The Morgan fingerprint density at radius 1 is 1.20 bits per heavy atom. The van der Waals surface area contributed by atoms with E-state index in [1.165, 1.54) is 0 Å². The second kappa shape index (κ2) is 9.02. The fourth-order valence-corrected chi connectivity index (χ4v) is 4.45. The highest BCUT2D eigenvalue weighted by Crippen LogP contribution is 2.32. The second-order valence-electron chi connectivity index (χ2n) is 8.10. The second-order valence-corrected chi connectivity index (χ2v) is 8.10. The molecule has 2 aromatic rings. The van der Waals surface area contributed by atoms with Gasteiger partial charge < -0.3 is 19.9 Å². The average molecular weight is 412 g/mol. The van der Waals surface area contributed by atoms with Gasteiger partial charge in [0.15, 0.2) is 0 Å². The van der Waals surface area contributed by atoms with Crippen LogP contribution >= 0.6 is 0 Å². The van der Waals surface area contributed by atoms with Crippen LogP contribution < -0.4 is 14.8 Å². The summed E-state index contributed by atoms with van der Waals surface area (Å²) in [6.45, 7) is 3.78. The van der Waals surface area contributed by atoms with Crippen molar-refractivity contribution in [1.82, 2.24) is 15.2 Å². The number of rotatable bonds is 6. The number of nitrogens with zero attached hydrogens (tertiary/aromatic N) is 2. The molecule has 2 heterocycles. The molecule has 4 atom stereocenters. The number of aryl methyl sites for hydroxylation is 1. The molecule has 1 aromatic heterocycles. The van der Waals surface area contributed by atoms with Gasteiger partial charge in [-0.2, -0.15) is 0 Å². The van der Waals surface area contributed by atoms with Gasteiger partial charge in [-0.25, -0.2) is 0 Å². The molecule has 1 aliphatic heterocycles. The molecule has 160 valence electrons. The van der Waals surface area contributed by atoms with Crippen LogP contribution in [-0.4, -0.2) is 65.4 Å². The normalized spacial score (nSPS) is 26.5. The minimum Gasteiger partial charge on any atom is -0.497 e. The third-order valence-electron chi connectivity index (χ3n) is 5.98. The first kappa shape index (κ1) is 20.6. The summed E-state index contributed by atoms with van der Waals surface area (Å²) in [4.78, 5) is 19.3. The van der Waals surface area contributed by atoms with Crippen molar-refractivity contribution in [2.45, 2.75) is 50.5 Å². The molecule has 0 spiro atoms. The number of aromatic nitrogens is 1. The zero-order valence-electron chi connectivity index (χ0n) is 17.5. The van der Waals surface area contributed by atoms with Crippen LogP contribution in [0.25, 0.3) is 0 Å². The zero-order chi connectivity index (χ0) is 21.1. The number of nitrogens with one attached hydrogen (secondary N) is 1. The SMILES string of the molecule is COc1cccc(O[C@@H]2C[C@@H](NC(=O)c3ccc(C)cn3)[C@H](N3CCCC3)[C@H]2O)c1. The van der Waals surface area contributed by atoms with Crippen molar-refractivity contribution in [3.05, 3.63) is 53.9 Å². The van der Waals surface area contributed by atoms with E-state index in [-0.39, 0.29) is 18.0 Å². The first-order chi connectivity index (χ1) is 14.5. The number of methoxy groups -OCH3 is 1.